The van der Waals surface area contributed by atoms with Crippen molar-refractivity contribution in [2.45, 2.75) is 13.8 Å². The molecule has 0 saturated carbocycles. The zero-order valence-corrected chi connectivity index (χ0v) is 18.3. The molecule has 0 radical (unpaired) electrons. The van der Waals surface area contributed by atoms with E-state index in [1.807, 2.05) is 30.8 Å². The van der Waals surface area contributed by atoms with Gasteiger partial charge in [-0.2, -0.15) is 5.10 Å². The number of pyridine rings is 2. The normalized spacial score (nSPS) is 16.1. The van der Waals surface area contributed by atoms with Crippen LogP contribution in [0.2, 0.25) is 0 Å². The van der Waals surface area contributed by atoms with Gasteiger partial charge in [-0.1, -0.05) is 19.1 Å². The highest BCUT2D eigenvalue weighted by molar-refractivity contribution is 7.15. The first-order valence-electron chi connectivity index (χ1n) is 10.3. The van der Waals surface area contributed by atoms with E-state index in [0.29, 0.717) is 17.4 Å². The van der Waals surface area contributed by atoms with Gasteiger partial charge in [0.25, 0.3) is 0 Å². The molecular formula is C24H19N7S. The lowest BCUT2D eigenvalue weighted by atomic mass is 10.1. The molecule has 0 spiro atoms. The van der Waals surface area contributed by atoms with Gasteiger partial charge in [-0.25, -0.2) is 9.97 Å². The van der Waals surface area contributed by atoms with Crippen LogP contribution < -0.4 is 0 Å². The fraction of sp³-hybridized carbons (Fsp3) is 0.125. The highest BCUT2D eigenvalue weighted by Gasteiger charge is 2.17. The molecule has 6 heterocycles. The summed E-state index contributed by atoms with van der Waals surface area (Å²) in [4.78, 5) is 24.4. The quantitative estimate of drug-likeness (QED) is 0.387. The molecule has 0 aromatic carbocycles. The van der Waals surface area contributed by atoms with Crippen LogP contribution in [-0.4, -0.2) is 36.3 Å². The SMILES string of the molecule is Cc1ccc(-c2nccc3[nH]c(-c4[nH]nc5ncc(C6=C[C@@H](C)C=CC=N6)cc45)nc23)s1. The van der Waals surface area contributed by atoms with Gasteiger partial charge in [-0.15, -0.1) is 11.3 Å². The van der Waals surface area contributed by atoms with Crippen LogP contribution >= 0.6 is 11.3 Å². The third-order valence-corrected chi connectivity index (χ3v) is 6.46. The van der Waals surface area contributed by atoms with Crippen molar-refractivity contribution in [3.05, 3.63) is 65.3 Å². The van der Waals surface area contributed by atoms with Gasteiger partial charge >= 0.3 is 0 Å². The van der Waals surface area contributed by atoms with Crippen molar-refractivity contribution in [3.8, 4) is 22.1 Å². The van der Waals surface area contributed by atoms with Gasteiger partial charge in [-0.05, 0) is 43.2 Å². The number of nitrogens with zero attached hydrogens (tertiary/aromatic N) is 5. The van der Waals surface area contributed by atoms with Crippen LogP contribution in [0.1, 0.15) is 17.4 Å². The Morgan fingerprint density at radius 3 is 2.94 bits per heavy atom. The fourth-order valence-corrected chi connectivity index (χ4v) is 4.75. The number of aromatic nitrogens is 6. The summed E-state index contributed by atoms with van der Waals surface area (Å²) in [6.45, 7) is 4.23. The van der Waals surface area contributed by atoms with E-state index in [1.165, 1.54) is 4.88 Å². The van der Waals surface area contributed by atoms with Gasteiger partial charge in [-0.3, -0.25) is 15.1 Å². The van der Waals surface area contributed by atoms with E-state index in [4.69, 9.17) is 4.98 Å². The summed E-state index contributed by atoms with van der Waals surface area (Å²) >= 11 is 1.71. The second-order valence-electron chi connectivity index (χ2n) is 7.82. The Balaban J connectivity index is 1.48. The smallest absolute Gasteiger partial charge is 0.181 e. The van der Waals surface area contributed by atoms with E-state index in [1.54, 1.807) is 11.3 Å². The van der Waals surface area contributed by atoms with Crippen LogP contribution in [-0.2, 0) is 0 Å². The molecule has 5 aromatic heterocycles. The summed E-state index contributed by atoms with van der Waals surface area (Å²) in [7, 11) is 0. The number of aromatic amines is 2. The van der Waals surface area contributed by atoms with E-state index < -0.39 is 0 Å². The number of thiophene rings is 1. The zero-order chi connectivity index (χ0) is 21.7. The van der Waals surface area contributed by atoms with Crippen molar-refractivity contribution in [3.63, 3.8) is 0 Å². The molecule has 7 nitrogen and oxygen atoms in total. The van der Waals surface area contributed by atoms with E-state index in [0.717, 1.165) is 43.9 Å². The van der Waals surface area contributed by atoms with Crippen LogP contribution in [0.25, 0.3) is 49.9 Å². The van der Waals surface area contributed by atoms with Crippen molar-refractivity contribution < 1.29 is 0 Å². The number of rotatable bonds is 3. The molecule has 1 aliphatic heterocycles. The van der Waals surface area contributed by atoms with E-state index in [2.05, 4.69) is 74.3 Å². The largest absolute Gasteiger partial charge is 0.337 e. The molecular weight excluding hydrogens is 418 g/mol. The number of aryl methyl sites for hydroxylation is 1. The zero-order valence-electron chi connectivity index (χ0n) is 17.5. The Labute approximate surface area is 187 Å². The number of aliphatic imine (C=N–C) groups is 1. The maximum Gasteiger partial charge on any atom is 0.181 e. The second kappa shape index (κ2) is 7.35. The number of hydrogen-bond acceptors (Lipinski definition) is 6. The Morgan fingerprint density at radius 2 is 2.06 bits per heavy atom. The lowest BCUT2D eigenvalue weighted by Crippen LogP contribution is -1.89. The molecule has 8 heteroatoms. The van der Waals surface area contributed by atoms with Crippen molar-refractivity contribution in [2.24, 2.45) is 10.9 Å². The Hall–Kier alpha value is -3.91. The minimum absolute atomic E-state index is 0.300. The van der Waals surface area contributed by atoms with Gasteiger partial charge in [0, 0.05) is 29.0 Å². The lowest BCUT2D eigenvalue weighted by molar-refractivity contribution is 0.944. The van der Waals surface area contributed by atoms with Crippen LogP contribution in [0.15, 0.2) is 59.9 Å². The average molecular weight is 438 g/mol. The molecule has 5 aromatic rings. The lowest BCUT2D eigenvalue weighted by Gasteiger charge is -2.03. The van der Waals surface area contributed by atoms with E-state index in [-0.39, 0.29) is 0 Å². The first kappa shape index (κ1) is 18.8. The van der Waals surface area contributed by atoms with Crippen LogP contribution in [0.4, 0.5) is 0 Å². The molecule has 6 rings (SSSR count). The average Bonchev–Trinajstić information content (AvgIpc) is 3.49. The minimum Gasteiger partial charge on any atom is -0.337 e. The summed E-state index contributed by atoms with van der Waals surface area (Å²) in [6.07, 6.45) is 11.7. The number of allylic oxidation sites excluding steroid dienone is 3. The molecule has 1 atom stereocenters. The van der Waals surface area contributed by atoms with Gasteiger partial charge in [0.1, 0.15) is 16.9 Å². The van der Waals surface area contributed by atoms with Crippen molar-refractivity contribution in [1.82, 2.24) is 30.1 Å². The Bertz CT molecular complexity index is 1560. The van der Waals surface area contributed by atoms with Crippen molar-refractivity contribution in [1.29, 1.82) is 0 Å². The first-order valence-corrected chi connectivity index (χ1v) is 11.2. The summed E-state index contributed by atoms with van der Waals surface area (Å²) in [5, 5.41) is 8.39. The molecule has 0 aliphatic carbocycles. The van der Waals surface area contributed by atoms with Crippen LogP contribution in [0.3, 0.4) is 0 Å². The fourth-order valence-electron chi connectivity index (χ4n) is 3.88. The Kier molecular flexibility index (Phi) is 4.32. The highest BCUT2D eigenvalue weighted by Crippen LogP contribution is 2.33. The third kappa shape index (κ3) is 3.16. The maximum atomic E-state index is 4.90. The standard InChI is InChI=1S/C24H19N7S/c1-13-4-3-8-25-18(10-13)15-11-16-20(30-31-23(16)27-12-15)24-28-17-7-9-26-22(21(17)29-24)19-6-5-14(2)32-19/h3-13H,1-2H3,(H,28,29)(H,27,30,31)/t13-/m0/s1. The van der Waals surface area contributed by atoms with Crippen molar-refractivity contribution >= 4 is 45.3 Å². The monoisotopic (exact) mass is 437 g/mol. The molecule has 1 aliphatic rings. The summed E-state index contributed by atoms with van der Waals surface area (Å²) in [5.74, 6) is 1.01. The van der Waals surface area contributed by atoms with Gasteiger partial charge in [0.15, 0.2) is 11.5 Å². The number of fused-ring (bicyclic) bond motifs is 2. The summed E-state index contributed by atoms with van der Waals surface area (Å²) in [6, 6.07) is 8.20. The highest BCUT2D eigenvalue weighted by atomic mass is 32.1. The molecule has 156 valence electrons. The van der Waals surface area contributed by atoms with Gasteiger partial charge in [0.2, 0.25) is 0 Å². The molecule has 0 unspecified atom stereocenters. The minimum atomic E-state index is 0.300. The van der Waals surface area contributed by atoms with Crippen molar-refractivity contribution in [2.75, 3.05) is 0 Å². The second-order valence-corrected chi connectivity index (χ2v) is 9.11. The molecule has 2 N–H and O–H groups in total. The summed E-state index contributed by atoms with van der Waals surface area (Å²) in [5.41, 5.74) is 5.92. The van der Waals surface area contributed by atoms with E-state index >= 15 is 0 Å². The number of H-pyrrole nitrogens is 2. The molecule has 32 heavy (non-hydrogen) atoms. The number of nitrogens with one attached hydrogen (secondary N) is 2. The predicted molar refractivity (Wildman–Crippen MR) is 130 cm³/mol. The van der Waals surface area contributed by atoms with Crippen LogP contribution in [0, 0.1) is 12.8 Å². The molecule has 0 fully saturated rings. The topological polar surface area (TPSA) is 95.5 Å². The number of hydrogen-bond donors (Lipinski definition) is 2. The maximum absolute atomic E-state index is 4.90. The predicted octanol–water partition coefficient (Wildman–Crippen LogP) is 5.55. The third-order valence-electron chi connectivity index (χ3n) is 5.45. The summed E-state index contributed by atoms with van der Waals surface area (Å²) < 4.78 is 0. The first-order chi connectivity index (χ1) is 15.7. The van der Waals surface area contributed by atoms with Gasteiger partial charge < -0.3 is 4.98 Å². The molecule has 0 bridgehead atoms. The Morgan fingerprint density at radius 1 is 1.12 bits per heavy atom. The van der Waals surface area contributed by atoms with Crippen LogP contribution in [0.5, 0.6) is 0 Å². The van der Waals surface area contributed by atoms with Gasteiger partial charge in [0.05, 0.1) is 21.5 Å². The molecule has 0 saturated heterocycles. The molecule has 0 amide bonds. The number of imidazole rings is 1. The van der Waals surface area contributed by atoms with E-state index in [9.17, 15) is 0 Å².